The molecule has 0 N–H and O–H groups in total. The zero-order chi connectivity index (χ0) is 9.84. The largest absolute Gasteiger partial charge is 0.343 e. The molecule has 76 valence electrons. The second kappa shape index (κ2) is 4.64. The Morgan fingerprint density at radius 3 is 2.31 bits per heavy atom. The first-order valence-corrected chi connectivity index (χ1v) is 5.40. The molecule has 13 heavy (non-hydrogen) atoms. The van der Waals surface area contributed by atoms with Crippen molar-refractivity contribution in [2.24, 2.45) is 5.92 Å². The van der Waals surface area contributed by atoms with E-state index in [1.165, 1.54) is 25.7 Å². The number of amides is 1. The second-order valence-electron chi connectivity index (χ2n) is 4.27. The number of nitrogens with zero attached hydrogens (tertiary/aromatic N) is 1. The summed E-state index contributed by atoms with van der Waals surface area (Å²) in [6.45, 7) is 4.24. The summed E-state index contributed by atoms with van der Waals surface area (Å²) < 4.78 is 0. The van der Waals surface area contributed by atoms with Gasteiger partial charge in [0.15, 0.2) is 0 Å². The van der Waals surface area contributed by atoms with Crippen molar-refractivity contribution in [1.82, 2.24) is 4.90 Å². The van der Waals surface area contributed by atoms with Gasteiger partial charge in [-0.25, -0.2) is 0 Å². The van der Waals surface area contributed by atoms with Gasteiger partial charge >= 0.3 is 0 Å². The van der Waals surface area contributed by atoms with Crippen molar-refractivity contribution >= 4 is 5.91 Å². The van der Waals surface area contributed by atoms with Gasteiger partial charge in [-0.1, -0.05) is 13.8 Å². The summed E-state index contributed by atoms with van der Waals surface area (Å²) >= 11 is 0. The van der Waals surface area contributed by atoms with Gasteiger partial charge < -0.3 is 4.90 Å². The number of carbonyl (C=O) groups excluding carboxylic acids is 1. The predicted octanol–water partition coefficient (Wildman–Crippen LogP) is 2.43. The van der Waals surface area contributed by atoms with Gasteiger partial charge in [-0.15, -0.1) is 0 Å². The summed E-state index contributed by atoms with van der Waals surface area (Å²) in [5, 5.41) is 0. The molecule has 0 unspecified atom stereocenters. The molecule has 2 nitrogen and oxygen atoms in total. The van der Waals surface area contributed by atoms with Crippen LogP contribution in [0.4, 0.5) is 0 Å². The lowest BCUT2D eigenvalue weighted by atomic mass is 9.87. The summed E-state index contributed by atoms with van der Waals surface area (Å²) in [5.74, 6) is 1.15. The molecule has 0 aromatic rings. The van der Waals surface area contributed by atoms with Gasteiger partial charge in [0.25, 0.3) is 0 Å². The third-order valence-electron chi connectivity index (χ3n) is 3.23. The van der Waals surface area contributed by atoms with Crippen molar-refractivity contribution in [3.8, 4) is 0 Å². The van der Waals surface area contributed by atoms with Crippen molar-refractivity contribution in [3.05, 3.63) is 0 Å². The monoisotopic (exact) mass is 183 g/mol. The minimum absolute atomic E-state index is 0.291. The Morgan fingerprint density at radius 1 is 1.31 bits per heavy atom. The Morgan fingerprint density at radius 2 is 1.85 bits per heavy atom. The fourth-order valence-electron chi connectivity index (χ4n) is 2.08. The third kappa shape index (κ3) is 2.71. The van der Waals surface area contributed by atoms with E-state index in [1.54, 1.807) is 0 Å². The summed E-state index contributed by atoms with van der Waals surface area (Å²) in [7, 11) is 1.95. The second-order valence-corrected chi connectivity index (χ2v) is 4.27. The highest BCUT2D eigenvalue weighted by atomic mass is 16.2. The normalized spacial score (nSPS) is 28.5. The lowest BCUT2D eigenvalue weighted by Gasteiger charge is -2.33. The van der Waals surface area contributed by atoms with Gasteiger partial charge in [0.1, 0.15) is 0 Å². The SMILES string of the molecule is CCC(=O)N(C)C1CCC(C)CC1. The van der Waals surface area contributed by atoms with Crippen molar-refractivity contribution in [2.75, 3.05) is 7.05 Å². The standard InChI is InChI=1S/C11H21NO/c1-4-11(13)12(3)10-7-5-9(2)6-8-10/h9-10H,4-8H2,1-3H3. The molecule has 1 rings (SSSR count). The zero-order valence-electron chi connectivity index (χ0n) is 9.05. The van der Waals surface area contributed by atoms with E-state index in [1.807, 2.05) is 18.9 Å². The van der Waals surface area contributed by atoms with Gasteiger partial charge in [-0.05, 0) is 31.6 Å². The first kappa shape index (κ1) is 10.6. The fraction of sp³-hybridized carbons (Fsp3) is 0.909. The molecule has 1 amide bonds. The molecule has 1 aliphatic rings. The topological polar surface area (TPSA) is 20.3 Å². The Balaban J connectivity index is 2.39. The van der Waals surface area contributed by atoms with E-state index < -0.39 is 0 Å². The molecule has 1 aliphatic carbocycles. The third-order valence-corrected chi connectivity index (χ3v) is 3.23. The van der Waals surface area contributed by atoms with E-state index in [0.717, 1.165) is 5.92 Å². The van der Waals surface area contributed by atoms with E-state index in [4.69, 9.17) is 0 Å². The quantitative estimate of drug-likeness (QED) is 0.644. The number of hydrogen-bond acceptors (Lipinski definition) is 1. The summed E-state index contributed by atoms with van der Waals surface area (Å²) in [6.07, 6.45) is 5.60. The molecule has 0 aliphatic heterocycles. The van der Waals surface area contributed by atoms with Crippen LogP contribution in [-0.2, 0) is 4.79 Å². The average Bonchev–Trinajstić information content (AvgIpc) is 2.17. The Kier molecular flexibility index (Phi) is 3.76. The van der Waals surface area contributed by atoms with Crippen LogP contribution in [0.3, 0.4) is 0 Å². The molecule has 1 fully saturated rings. The molecular formula is C11H21NO. The van der Waals surface area contributed by atoms with Gasteiger partial charge in [0, 0.05) is 19.5 Å². The van der Waals surface area contributed by atoms with Gasteiger partial charge in [0.2, 0.25) is 5.91 Å². The number of carbonyl (C=O) groups is 1. The van der Waals surface area contributed by atoms with Crippen LogP contribution in [0.2, 0.25) is 0 Å². The lowest BCUT2D eigenvalue weighted by Crippen LogP contribution is -2.38. The molecule has 0 heterocycles. The van der Waals surface area contributed by atoms with Crippen molar-refractivity contribution in [2.45, 2.75) is 52.0 Å². The molecule has 0 radical (unpaired) electrons. The molecule has 1 saturated carbocycles. The van der Waals surface area contributed by atoms with Crippen molar-refractivity contribution in [3.63, 3.8) is 0 Å². The van der Waals surface area contributed by atoms with E-state index in [-0.39, 0.29) is 0 Å². The molecule has 0 saturated heterocycles. The van der Waals surface area contributed by atoms with Crippen molar-refractivity contribution < 1.29 is 4.79 Å². The first-order valence-electron chi connectivity index (χ1n) is 5.40. The summed E-state index contributed by atoms with van der Waals surface area (Å²) in [5.41, 5.74) is 0. The Bertz CT molecular complexity index is 171. The first-order chi connectivity index (χ1) is 6.15. The minimum atomic E-state index is 0.291. The average molecular weight is 183 g/mol. The minimum Gasteiger partial charge on any atom is -0.343 e. The zero-order valence-corrected chi connectivity index (χ0v) is 9.05. The Hall–Kier alpha value is -0.530. The van der Waals surface area contributed by atoms with E-state index >= 15 is 0 Å². The summed E-state index contributed by atoms with van der Waals surface area (Å²) in [6, 6.07) is 0.517. The molecule has 0 atom stereocenters. The molecule has 0 bridgehead atoms. The number of hydrogen-bond donors (Lipinski definition) is 0. The van der Waals surface area contributed by atoms with Crippen LogP contribution in [0.1, 0.15) is 46.0 Å². The van der Waals surface area contributed by atoms with Crippen LogP contribution >= 0.6 is 0 Å². The van der Waals surface area contributed by atoms with Crippen LogP contribution in [0, 0.1) is 5.92 Å². The molecule has 0 spiro atoms. The van der Waals surface area contributed by atoms with Crippen molar-refractivity contribution in [1.29, 1.82) is 0 Å². The highest BCUT2D eigenvalue weighted by Crippen LogP contribution is 2.26. The molecule has 0 aromatic heterocycles. The van der Waals surface area contributed by atoms with Gasteiger partial charge in [0.05, 0.1) is 0 Å². The highest BCUT2D eigenvalue weighted by Gasteiger charge is 2.23. The molecule has 2 heteroatoms. The maximum absolute atomic E-state index is 11.4. The van der Waals surface area contributed by atoms with E-state index in [2.05, 4.69) is 6.92 Å². The van der Waals surface area contributed by atoms with E-state index in [9.17, 15) is 4.79 Å². The van der Waals surface area contributed by atoms with Crippen LogP contribution in [0.25, 0.3) is 0 Å². The van der Waals surface area contributed by atoms with Gasteiger partial charge in [-0.3, -0.25) is 4.79 Å². The maximum Gasteiger partial charge on any atom is 0.222 e. The fourth-order valence-corrected chi connectivity index (χ4v) is 2.08. The maximum atomic E-state index is 11.4. The molecular weight excluding hydrogens is 162 g/mol. The smallest absolute Gasteiger partial charge is 0.222 e. The molecule has 0 aromatic carbocycles. The van der Waals surface area contributed by atoms with Crippen LogP contribution in [-0.4, -0.2) is 23.9 Å². The Labute approximate surface area is 81.3 Å². The van der Waals surface area contributed by atoms with Gasteiger partial charge in [-0.2, -0.15) is 0 Å². The number of rotatable bonds is 2. The van der Waals surface area contributed by atoms with Crippen LogP contribution in [0.5, 0.6) is 0 Å². The lowest BCUT2D eigenvalue weighted by molar-refractivity contribution is -0.132. The highest BCUT2D eigenvalue weighted by molar-refractivity contribution is 5.75. The van der Waals surface area contributed by atoms with Crippen LogP contribution < -0.4 is 0 Å². The summed E-state index contributed by atoms with van der Waals surface area (Å²) in [4.78, 5) is 13.4. The van der Waals surface area contributed by atoms with Crippen LogP contribution in [0.15, 0.2) is 0 Å². The predicted molar refractivity (Wildman–Crippen MR) is 54.5 cm³/mol. The van der Waals surface area contributed by atoms with E-state index in [0.29, 0.717) is 18.4 Å².